The van der Waals surface area contributed by atoms with Gasteiger partial charge >= 0.3 is 0 Å². The third-order valence-corrected chi connectivity index (χ3v) is 8.08. The van der Waals surface area contributed by atoms with Crippen molar-refractivity contribution in [2.45, 2.75) is 11.8 Å². The average molecular weight is 525 g/mol. The summed E-state index contributed by atoms with van der Waals surface area (Å²) in [4.78, 5) is 5.33. The second-order valence-electron chi connectivity index (χ2n) is 8.06. The van der Waals surface area contributed by atoms with Crippen LogP contribution in [0, 0.1) is 12.7 Å². The van der Waals surface area contributed by atoms with E-state index in [2.05, 4.69) is 5.10 Å². The monoisotopic (exact) mass is 524 g/mol. The molecule has 1 aromatic heterocycles. The highest BCUT2D eigenvalue weighted by Gasteiger charge is 2.18. The summed E-state index contributed by atoms with van der Waals surface area (Å²) in [6.45, 7) is 1.85. The molecule has 186 valence electrons. The van der Waals surface area contributed by atoms with Crippen molar-refractivity contribution in [1.29, 1.82) is 0 Å². The summed E-state index contributed by atoms with van der Waals surface area (Å²) in [5.41, 5.74) is 2.99. The summed E-state index contributed by atoms with van der Waals surface area (Å²) >= 11 is 1.28. The van der Waals surface area contributed by atoms with E-state index in [1.54, 1.807) is 53.7 Å². The zero-order valence-corrected chi connectivity index (χ0v) is 21.8. The molecule has 0 N–H and O–H groups in total. The van der Waals surface area contributed by atoms with Gasteiger partial charge in [-0.15, -0.1) is 11.3 Å². The van der Waals surface area contributed by atoms with Gasteiger partial charge < -0.3 is 4.74 Å². The molecule has 0 unspecified atom stereocenters. The second kappa shape index (κ2) is 10.6. The predicted octanol–water partition coefficient (Wildman–Crippen LogP) is 5.04. The van der Waals surface area contributed by atoms with Crippen molar-refractivity contribution in [3.05, 3.63) is 93.9 Å². The van der Waals surface area contributed by atoms with Gasteiger partial charge in [-0.05, 0) is 66.6 Å². The fraction of sp³-hybridized carbons (Fsp3) is 0.154. The molecule has 0 radical (unpaired) electrons. The quantitative estimate of drug-likeness (QED) is 0.318. The molecule has 4 rings (SSSR count). The second-order valence-corrected chi connectivity index (χ2v) is 11.0. The molecule has 1 heterocycles. The summed E-state index contributed by atoms with van der Waals surface area (Å²) in [6.07, 6.45) is 1.65. The molecule has 3 aromatic carbocycles. The Labute approximate surface area is 213 Å². The minimum atomic E-state index is -3.63. The molecule has 7 nitrogen and oxygen atoms in total. The number of aryl methyl sites for hydroxylation is 1. The third kappa shape index (κ3) is 5.30. The first kappa shape index (κ1) is 25.5. The number of ether oxygens (including phenoxy) is 1. The summed E-state index contributed by atoms with van der Waals surface area (Å²) in [5, 5.41) is 6.39. The van der Waals surface area contributed by atoms with Crippen LogP contribution in [0.2, 0.25) is 0 Å². The van der Waals surface area contributed by atoms with Gasteiger partial charge in [-0.25, -0.2) is 26.8 Å². The lowest BCUT2D eigenvalue weighted by atomic mass is 10.1. The van der Waals surface area contributed by atoms with Crippen LogP contribution in [0.3, 0.4) is 0 Å². The van der Waals surface area contributed by atoms with Gasteiger partial charge in [-0.3, -0.25) is 0 Å². The summed E-state index contributed by atoms with van der Waals surface area (Å²) < 4.78 is 47.9. The highest BCUT2D eigenvalue weighted by molar-refractivity contribution is 7.89. The van der Waals surface area contributed by atoms with Crippen LogP contribution >= 0.6 is 11.3 Å². The maximum absolute atomic E-state index is 14.7. The Bertz CT molecular complexity index is 1590. The van der Waals surface area contributed by atoms with Crippen molar-refractivity contribution in [1.82, 2.24) is 8.98 Å². The molecular formula is C26H25FN4O3S2. The summed E-state index contributed by atoms with van der Waals surface area (Å²) in [5.74, 6) is 0.339. The maximum atomic E-state index is 14.7. The van der Waals surface area contributed by atoms with Crippen molar-refractivity contribution < 1.29 is 17.5 Å². The van der Waals surface area contributed by atoms with Gasteiger partial charge in [0, 0.05) is 25.0 Å². The van der Waals surface area contributed by atoms with E-state index in [9.17, 15) is 12.8 Å². The van der Waals surface area contributed by atoms with Crippen LogP contribution in [-0.4, -0.2) is 44.8 Å². The Morgan fingerprint density at radius 2 is 1.78 bits per heavy atom. The van der Waals surface area contributed by atoms with Crippen LogP contribution < -0.4 is 9.54 Å². The molecule has 0 aliphatic rings. The van der Waals surface area contributed by atoms with Crippen LogP contribution in [-0.2, 0) is 10.0 Å². The fourth-order valence-corrected chi connectivity index (χ4v) is 5.10. The maximum Gasteiger partial charge on any atom is 0.242 e. The number of benzene rings is 3. The molecule has 0 amide bonds. The SMILES string of the molecule is COc1ccc(C=Nn2c(-c3ccccc3F)csc2=Nc2cc(S(=O)(=O)N(C)C)ccc2C)cc1. The lowest BCUT2D eigenvalue weighted by Gasteiger charge is -2.12. The zero-order valence-electron chi connectivity index (χ0n) is 20.2. The predicted molar refractivity (Wildman–Crippen MR) is 141 cm³/mol. The minimum absolute atomic E-state index is 0.135. The molecule has 36 heavy (non-hydrogen) atoms. The molecule has 0 saturated carbocycles. The molecule has 0 aliphatic heterocycles. The van der Waals surface area contributed by atoms with Crippen molar-refractivity contribution in [2.24, 2.45) is 10.1 Å². The number of halogens is 1. The lowest BCUT2D eigenvalue weighted by molar-refractivity contribution is 0.415. The molecule has 0 bridgehead atoms. The molecule has 0 aliphatic carbocycles. The Morgan fingerprint density at radius 1 is 1.06 bits per heavy atom. The number of methoxy groups -OCH3 is 1. The Balaban J connectivity index is 1.88. The highest BCUT2D eigenvalue weighted by atomic mass is 32.2. The van der Waals surface area contributed by atoms with Gasteiger partial charge in [0.1, 0.15) is 11.6 Å². The van der Waals surface area contributed by atoms with E-state index in [1.807, 2.05) is 31.2 Å². The van der Waals surface area contributed by atoms with Gasteiger partial charge in [0.25, 0.3) is 0 Å². The van der Waals surface area contributed by atoms with E-state index in [-0.39, 0.29) is 10.7 Å². The first-order valence-corrected chi connectivity index (χ1v) is 13.2. The first-order chi connectivity index (χ1) is 17.2. The van der Waals surface area contributed by atoms with Gasteiger partial charge in [-0.1, -0.05) is 18.2 Å². The Hall–Kier alpha value is -3.60. The van der Waals surface area contributed by atoms with Crippen LogP contribution in [0.25, 0.3) is 11.3 Å². The van der Waals surface area contributed by atoms with Crippen LogP contribution in [0.4, 0.5) is 10.1 Å². The molecule has 0 saturated heterocycles. The standard InChI is InChI=1S/C26H25FN4O3S2/c1-18-9-14-21(36(32,33)30(2)3)15-24(18)29-26-31(28-16-19-10-12-20(34-4)13-11-19)25(17-35-26)22-7-5-6-8-23(22)27/h5-17H,1-4H3. The summed E-state index contributed by atoms with van der Waals surface area (Å²) in [7, 11) is 0.923. The van der Waals surface area contributed by atoms with Crippen LogP contribution in [0.1, 0.15) is 11.1 Å². The normalized spacial score (nSPS) is 12.6. The van der Waals surface area contributed by atoms with E-state index < -0.39 is 10.0 Å². The minimum Gasteiger partial charge on any atom is -0.497 e. The van der Waals surface area contributed by atoms with E-state index in [4.69, 9.17) is 9.73 Å². The van der Waals surface area contributed by atoms with Crippen molar-refractivity contribution in [3.63, 3.8) is 0 Å². The number of aromatic nitrogens is 1. The van der Waals surface area contributed by atoms with E-state index in [0.29, 0.717) is 21.7 Å². The zero-order chi connectivity index (χ0) is 25.9. The summed E-state index contributed by atoms with van der Waals surface area (Å²) in [6, 6.07) is 18.6. The topological polar surface area (TPSA) is 76.3 Å². The van der Waals surface area contributed by atoms with Gasteiger partial charge in [0.15, 0.2) is 0 Å². The van der Waals surface area contributed by atoms with E-state index in [0.717, 1.165) is 21.2 Å². The fourth-order valence-electron chi connectivity index (χ4n) is 3.34. The highest BCUT2D eigenvalue weighted by Crippen LogP contribution is 2.26. The molecular weight excluding hydrogens is 499 g/mol. The third-order valence-electron chi connectivity index (χ3n) is 5.45. The molecule has 0 fully saturated rings. The number of rotatable bonds is 7. The largest absolute Gasteiger partial charge is 0.497 e. The van der Waals surface area contributed by atoms with Gasteiger partial charge in [0.05, 0.1) is 29.6 Å². The number of sulfonamides is 1. The van der Waals surface area contributed by atoms with Crippen LogP contribution in [0.15, 0.2) is 87.1 Å². The van der Waals surface area contributed by atoms with Gasteiger partial charge in [-0.2, -0.15) is 5.10 Å². The number of hydrogen-bond donors (Lipinski definition) is 0. The van der Waals surface area contributed by atoms with Crippen LogP contribution in [0.5, 0.6) is 5.75 Å². The lowest BCUT2D eigenvalue weighted by Crippen LogP contribution is -2.22. The van der Waals surface area contributed by atoms with Crippen molar-refractivity contribution in [2.75, 3.05) is 21.2 Å². The number of hydrogen-bond acceptors (Lipinski definition) is 6. The number of nitrogens with zero attached hydrogens (tertiary/aromatic N) is 4. The molecule has 0 atom stereocenters. The Morgan fingerprint density at radius 3 is 2.44 bits per heavy atom. The van der Waals surface area contributed by atoms with E-state index in [1.165, 1.54) is 37.6 Å². The molecule has 0 spiro atoms. The smallest absolute Gasteiger partial charge is 0.242 e. The first-order valence-electron chi connectivity index (χ1n) is 10.9. The Kier molecular flexibility index (Phi) is 7.48. The van der Waals surface area contributed by atoms with E-state index >= 15 is 0 Å². The molecule has 10 heteroatoms. The number of thiazole rings is 1. The van der Waals surface area contributed by atoms with Gasteiger partial charge in [0.2, 0.25) is 14.8 Å². The average Bonchev–Trinajstić information content (AvgIpc) is 3.26. The van der Waals surface area contributed by atoms with Crippen molar-refractivity contribution >= 4 is 33.3 Å². The van der Waals surface area contributed by atoms with Crippen molar-refractivity contribution in [3.8, 4) is 17.0 Å². The molecule has 4 aromatic rings.